The van der Waals surface area contributed by atoms with Crippen LogP contribution in [0.5, 0.6) is 0 Å². The van der Waals surface area contributed by atoms with E-state index in [0.717, 1.165) is 62.1 Å². The van der Waals surface area contributed by atoms with Gasteiger partial charge in [0.2, 0.25) is 0 Å². The molecule has 0 radical (unpaired) electrons. The summed E-state index contributed by atoms with van der Waals surface area (Å²) in [5.41, 5.74) is 2.81. The molecule has 144 valence electrons. The Morgan fingerprint density at radius 2 is 2.21 bits per heavy atom. The van der Waals surface area contributed by atoms with Gasteiger partial charge in [0.15, 0.2) is 0 Å². The van der Waals surface area contributed by atoms with Crippen LogP contribution in [0.3, 0.4) is 0 Å². The van der Waals surface area contributed by atoms with E-state index in [1.165, 1.54) is 9.75 Å². The number of hydrogen-bond acceptors (Lipinski definition) is 5. The summed E-state index contributed by atoms with van der Waals surface area (Å²) in [7, 11) is 0. The summed E-state index contributed by atoms with van der Waals surface area (Å²) < 4.78 is 0. The highest BCUT2D eigenvalue weighted by Gasteiger charge is 2.44. The third kappa shape index (κ3) is 3.10. The van der Waals surface area contributed by atoms with Crippen LogP contribution in [0.2, 0.25) is 0 Å². The number of nitrogens with one attached hydrogen (secondary N) is 1. The highest BCUT2D eigenvalue weighted by molar-refractivity contribution is 7.11. The van der Waals surface area contributed by atoms with E-state index in [-0.39, 0.29) is 11.0 Å². The van der Waals surface area contributed by atoms with Crippen molar-refractivity contribution in [2.24, 2.45) is 0 Å². The largest absolute Gasteiger partial charge is 0.306 e. The molecule has 6 heteroatoms. The second-order valence-electron chi connectivity index (χ2n) is 8.09. The molecular formula is C22H24N4OS. The predicted molar refractivity (Wildman–Crippen MR) is 112 cm³/mol. The van der Waals surface area contributed by atoms with Crippen LogP contribution in [0.1, 0.15) is 40.3 Å². The molecule has 3 aromatic heterocycles. The molecule has 1 unspecified atom stereocenters. The van der Waals surface area contributed by atoms with Gasteiger partial charge in [0.1, 0.15) is 5.82 Å². The Bertz CT molecular complexity index is 1060. The highest BCUT2D eigenvalue weighted by Crippen LogP contribution is 2.43. The fraction of sp³-hybridized carbons (Fsp3) is 0.409. The molecule has 3 aromatic rings. The van der Waals surface area contributed by atoms with Gasteiger partial charge in [0.25, 0.3) is 5.56 Å². The molecule has 5 nitrogen and oxygen atoms in total. The Kier molecular flexibility index (Phi) is 4.40. The van der Waals surface area contributed by atoms with Gasteiger partial charge in [0, 0.05) is 51.8 Å². The van der Waals surface area contributed by atoms with Gasteiger partial charge in [0.05, 0.1) is 5.69 Å². The quantitative estimate of drug-likeness (QED) is 0.739. The zero-order valence-electron chi connectivity index (χ0n) is 16.1. The van der Waals surface area contributed by atoms with Crippen LogP contribution in [0.4, 0.5) is 0 Å². The minimum absolute atomic E-state index is 0.00507. The van der Waals surface area contributed by atoms with Crippen LogP contribution in [0.15, 0.2) is 41.5 Å². The Morgan fingerprint density at radius 3 is 3.00 bits per heavy atom. The van der Waals surface area contributed by atoms with Gasteiger partial charge in [-0.1, -0.05) is 0 Å². The number of nitrogens with zero attached hydrogens (tertiary/aromatic N) is 3. The van der Waals surface area contributed by atoms with Crippen LogP contribution in [0.25, 0.3) is 11.4 Å². The van der Waals surface area contributed by atoms with E-state index in [9.17, 15) is 4.79 Å². The first kappa shape index (κ1) is 17.8. The van der Waals surface area contributed by atoms with E-state index < -0.39 is 0 Å². The molecule has 1 atom stereocenters. The summed E-state index contributed by atoms with van der Waals surface area (Å²) in [5, 5.41) is 0. The molecule has 4 heterocycles. The highest BCUT2D eigenvalue weighted by atomic mass is 32.1. The molecule has 0 amide bonds. The number of H-pyrrole nitrogens is 1. The molecule has 28 heavy (non-hydrogen) atoms. The topological polar surface area (TPSA) is 61.9 Å². The molecule has 1 saturated heterocycles. The summed E-state index contributed by atoms with van der Waals surface area (Å²) in [4.78, 5) is 30.3. The minimum Gasteiger partial charge on any atom is -0.306 e. The zero-order chi connectivity index (χ0) is 19.1. The van der Waals surface area contributed by atoms with Gasteiger partial charge in [-0.25, -0.2) is 4.98 Å². The normalized spacial score (nSPS) is 21.9. The van der Waals surface area contributed by atoms with Gasteiger partial charge in [-0.05, 0) is 63.4 Å². The third-order valence-electron chi connectivity index (χ3n) is 6.14. The van der Waals surface area contributed by atoms with Crippen molar-refractivity contribution in [2.75, 3.05) is 13.1 Å². The van der Waals surface area contributed by atoms with Crippen molar-refractivity contribution in [3.8, 4) is 11.4 Å². The Balaban J connectivity index is 1.49. The molecule has 1 aliphatic carbocycles. The Hall–Kier alpha value is -2.31. The lowest BCUT2D eigenvalue weighted by Gasteiger charge is -2.40. The second-order valence-corrected chi connectivity index (χ2v) is 9.46. The average Bonchev–Trinajstić information content (AvgIpc) is 3.27. The Morgan fingerprint density at radius 1 is 1.29 bits per heavy atom. The summed E-state index contributed by atoms with van der Waals surface area (Å²) in [6.45, 7) is 5.26. The van der Waals surface area contributed by atoms with E-state index in [2.05, 4.69) is 33.9 Å². The van der Waals surface area contributed by atoms with Gasteiger partial charge < -0.3 is 4.98 Å². The fourth-order valence-electron chi connectivity index (χ4n) is 4.84. The number of aromatic nitrogens is 3. The average molecular weight is 393 g/mol. The molecule has 1 spiro atoms. The van der Waals surface area contributed by atoms with Crippen molar-refractivity contribution in [3.63, 3.8) is 0 Å². The fourth-order valence-corrected chi connectivity index (χ4v) is 5.77. The van der Waals surface area contributed by atoms with Crippen molar-refractivity contribution < 1.29 is 0 Å². The maximum absolute atomic E-state index is 12.8. The molecule has 0 bridgehead atoms. The number of thiophene rings is 1. The van der Waals surface area contributed by atoms with Crippen molar-refractivity contribution in [1.82, 2.24) is 19.9 Å². The molecule has 0 aromatic carbocycles. The monoisotopic (exact) mass is 392 g/mol. The maximum Gasteiger partial charge on any atom is 0.254 e. The van der Waals surface area contributed by atoms with Crippen LogP contribution in [0, 0.1) is 6.92 Å². The van der Waals surface area contributed by atoms with Gasteiger partial charge in [-0.15, -0.1) is 11.3 Å². The molecular weight excluding hydrogens is 368 g/mol. The lowest BCUT2D eigenvalue weighted by Crippen LogP contribution is -2.45. The van der Waals surface area contributed by atoms with Crippen molar-refractivity contribution in [3.05, 3.63) is 68.0 Å². The zero-order valence-corrected chi connectivity index (χ0v) is 16.9. The molecule has 1 N–H and O–H groups in total. The maximum atomic E-state index is 12.8. The summed E-state index contributed by atoms with van der Waals surface area (Å²) >= 11 is 1.88. The van der Waals surface area contributed by atoms with Crippen LogP contribution >= 0.6 is 11.3 Å². The van der Waals surface area contributed by atoms with Gasteiger partial charge >= 0.3 is 0 Å². The first-order chi connectivity index (χ1) is 13.6. The number of rotatable bonds is 3. The standard InChI is InChI=1S/C22H24N4OS/c1-15-5-6-17(28-15)13-26-11-3-8-22(14-26)9-7-18-19(22)24-20(25-21(18)27)16-4-2-10-23-12-16/h2,4-6,10,12H,3,7-9,11,13-14H2,1H3,(H,24,25,27). The first-order valence-corrected chi connectivity index (χ1v) is 10.8. The first-order valence-electron chi connectivity index (χ1n) is 9.95. The molecule has 1 fully saturated rings. The van der Waals surface area contributed by atoms with Gasteiger partial charge in [-0.3, -0.25) is 14.7 Å². The molecule has 5 rings (SSSR count). The molecule has 2 aliphatic rings. The minimum atomic E-state index is 0.00507. The lowest BCUT2D eigenvalue weighted by molar-refractivity contribution is 0.138. The van der Waals surface area contributed by atoms with E-state index >= 15 is 0 Å². The summed E-state index contributed by atoms with van der Waals surface area (Å²) in [6.07, 6.45) is 7.62. The van der Waals surface area contributed by atoms with Crippen LogP contribution < -0.4 is 5.56 Å². The molecule has 1 aliphatic heterocycles. The number of fused-ring (bicyclic) bond motifs is 2. The molecule has 0 saturated carbocycles. The van der Waals surface area contributed by atoms with E-state index in [0.29, 0.717) is 5.82 Å². The second kappa shape index (κ2) is 6.94. The van der Waals surface area contributed by atoms with E-state index in [1.807, 2.05) is 23.5 Å². The predicted octanol–water partition coefficient (Wildman–Crippen LogP) is 3.68. The van der Waals surface area contributed by atoms with Crippen molar-refractivity contribution in [2.45, 2.75) is 44.6 Å². The van der Waals surface area contributed by atoms with Crippen LogP contribution in [-0.4, -0.2) is 32.9 Å². The van der Waals surface area contributed by atoms with Crippen molar-refractivity contribution >= 4 is 11.3 Å². The van der Waals surface area contributed by atoms with Gasteiger partial charge in [-0.2, -0.15) is 0 Å². The van der Waals surface area contributed by atoms with Crippen LogP contribution in [-0.2, 0) is 18.4 Å². The number of hydrogen-bond donors (Lipinski definition) is 1. The number of piperidine rings is 1. The number of pyridine rings is 1. The Labute approximate surface area is 168 Å². The lowest BCUT2D eigenvalue weighted by atomic mass is 9.77. The summed E-state index contributed by atoms with van der Waals surface area (Å²) in [5.74, 6) is 0.643. The third-order valence-corrected chi connectivity index (χ3v) is 7.12. The van der Waals surface area contributed by atoms with E-state index in [4.69, 9.17) is 4.98 Å². The van der Waals surface area contributed by atoms with E-state index in [1.54, 1.807) is 12.4 Å². The number of aryl methyl sites for hydroxylation is 1. The number of aromatic amines is 1. The smallest absolute Gasteiger partial charge is 0.254 e. The SMILES string of the molecule is Cc1ccc(CN2CCCC3(CCc4c3nc(-c3cccnc3)[nH]c4=O)C2)s1. The van der Waals surface area contributed by atoms with Crippen molar-refractivity contribution in [1.29, 1.82) is 0 Å². The number of likely N-dealkylation sites (tertiary alicyclic amines) is 1. The summed E-state index contributed by atoms with van der Waals surface area (Å²) in [6, 6.07) is 8.27.